The van der Waals surface area contributed by atoms with Crippen molar-refractivity contribution in [2.75, 3.05) is 24.7 Å². The molecule has 5 heteroatoms. The summed E-state index contributed by atoms with van der Waals surface area (Å²) < 4.78 is 18.1. The van der Waals surface area contributed by atoms with E-state index in [2.05, 4.69) is 27.3 Å². The van der Waals surface area contributed by atoms with Crippen molar-refractivity contribution in [2.45, 2.75) is 19.4 Å². The monoisotopic (exact) mass is 331 g/mol. The highest BCUT2D eigenvalue weighted by molar-refractivity contribution is 9.10. The fourth-order valence-corrected chi connectivity index (χ4v) is 3.08. The highest BCUT2D eigenvalue weighted by Crippen LogP contribution is 2.33. The van der Waals surface area contributed by atoms with Crippen LogP contribution in [0.5, 0.6) is 5.75 Å². The van der Waals surface area contributed by atoms with Crippen LogP contribution in [0.1, 0.15) is 24.9 Å². The third-order valence-electron chi connectivity index (χ3n) is 3.05. The van der Waals surface area contributed by atoms with E-state index in [1.807, 2.05) is 19.1 Å². The fraction of sp³-hybridized carbons (Fsp3) is 0.538. The highest BCUT2D eigenvalue weighted by atomic mass is 79.9. The Bertz CT molecular complexity index is 439. The second-order valence-corrected chi connectivity index (χ2v) is 7.04. The summed E-state index contributed by atoms with van der Waals surface area (Å²) in [7, 11) is -0.697. The standard InChI is InChI=1S/C13H18BrNO2S/c1-2-18(16)8-6-15-12-5-7-17-13-4-3-10(14)9-11(12)13/h3-4,9,12,15H,2,5-8H2,1H3. The van der Waals surface area contributed by atoms with E-state index in [1.54, 1.807) is 0 Å². The Labute approximate surface area is 119 Å². The van der Waals surface area contributed by atoms with Crippen LogP contribution in [-0.4, -0.2) is 28.9 Å². The van der Waals surface area contributed by atoms with Gasteiger partial charge in [-0.15, -0.1) is 0 Å². The van der Waals surface area contributed by atoms with Gasteiger partial charge in [0.05, 0.1) is 6.61 Å². The van der Waals surface area contributed by atoms with Gasteiger partial charge in [-0.05, 0) is 18.2 Å². The summed E-state index contributed by atoms with van der Waals surface area (Å²) in [4.78, 5) is 0. The molecule has 1 aliphatic heterocycles. The molecule has 1 aromatic rings. The number of nitrogens with one attached hydrogen (secondary N) is 1. The van der Waals surface area contributed by atoms with E-state index >= 15 is 0 Å². The number of fused-ring (bicyclic) bond motifs is 1. The molecule has 1 aromatic carbocycles. The molecule has 18 heavy (non-hydrogen) atoms. The Balaban J connectivity index is 1.99. The van der Waals surface area contributed by atoms with Crippen molar-refractivity contribution >= 4 is 26.7 Å². The molecule has 2 atom stereocenters. The largest absolute Gasteiger partial charge is 0.493 e. The number of hydrogen-bond acceptors (Lipinski definition) is 3. The minimum atomic E-state index is -0.697. The van der Waals surface area contributed by atoms with Crippen LogP contribution in [0.3, 0.4) is 0 Å². The van der Waals surface area contributed by atoms with Gasteiger partial charge in [0.2, 0.25) is 0 Å². The van der Waals surface area contributed by atoms with Crippen molar-refractivity contribution in [2.24, 2.45) is 0 Å². The zero-order valence-corrected chi connectivity index (χ0v) is 12.9. The number of ether oxygens (including phenoxy) is 1. The molecule has 0 aromatic heterocycles. The molecule has 100 valence electrons. The van der Waals surface area contributed by atoms with E-state index < -0.39 is 10.8 Å². The summed E-state index contributed by atoms with van der Waals surface area (Å²) >= 11 is 3.49. The maximum absolute atomic E-state index is 11.4. The molecule has 0 saturated carbocycles. The molecule has 0 aliphatic carbocycles. The first-order valence-electron chi connectivity index (χ1n) is 6.21. The number of hydrogen-bond donors (Lipinski definition) is 1. The Morgan fingerprint density at radius 1 is 1.56 bits per heavy atom. The molecule has 0 radical (unpaired) electrons. The topological polar surface area (TPSA) is 38.3 Å². The Kier molecular flexibility index (Phi) is 5.21. The summed E-state index contributed by atoms with van der Waals surface area (Å²) in [5.41, 5.74) is 1.19. The third kappa shape index (κ3) is 3.56. The molecule has 2 unspecified atom stereocenters. The number of benzene rings is 1. The summed E-state index contributed by atoms with van der Waals surface area (Å²) in [5.74, 6) is 2.41. The Morgan fingerprint density at radius 3 is 3.17 bits per heavy atom. The first-order chi connectivity index (χ1) is 8.70. The van der Waals surface area contributed by atoms with E-state index in [0.717, 1.165) is 41.3 Å². The van der Waals surface area contributed by atoms with E-state index in [9.17, 15) is 4.21 Å². The van der Waals surface area contributed by atoms with Gasteiger partial charge >= 0.3 is 0 Å². The van der Waals surface area contributed by atoms with Gasteiger partial charge in [-0.1, -0.05) is 22.9 Å². The van der Waals surface area contributed by atoms with Gasteiger partial charge in [-0.3, -0.25) is 4.21 Å². The summed E-state index contributed by atoms with van der Waals surface area (Å²) in [6.07, 6.45) is 0.961. The maximum Gasteiger partial charge on any atom is 0.124 e. The zero-order valence-electron chi connectivity index (χ0n) is 10.4. The van der Waals surface area contributed by atoms with Gasteiger partial charge in [0.25, 0.3) is 0 Å². The molecule has 0 fully saturated rings. The van der Waals surface area contributed by atoms with Crippen LogP contribution < -0.4 is 10.1 Å². The second kappa shape index (κ2) is 6.68. The van der Waals surface area contributed by atoms with E-state index in [0.29, 0.717) is 6.04 Å². The molecule has 2 rings (SSSR count). The molecule has 0 amide bonds. The van der Waals surface area contributed by atoms with E-state index in [4.69, 9.17) is 4.74 Å². The van der Waals surface area contributed by atoms with Gasteiger partial charge in [0.1, 0.15) is 5.75 Å². The quantitative estimate of drug-likeness (QED) is 0.901. The average molecular weight is 332 g/mol. The fourth-order valence-electron chi connectivity index (χ4n) is 2.07. The molecule has 1 heterocycles. The van der Waals surface area contributed by atoms with Crippen LogP contribution in [0.15, 0.2) is 22.7 Å². The van der Waals surface area contributed by atoms with Crippen LogP contribution in [-0.2, 0) is 10.8 Å². The average Bonchev–Trinajstić information content (AvgIpc) is 2.39. The van der Waals surface area contributed by atoms with E-state index in [1.165, 1.54) is 5.56 Å². The van der Waals surface area contributed by atoms with Crippen LogP contribution in [0.25, 0.3) is 0 Å². The highest BCUT2D eigenvalue weighted by Gasteiger charge is 2.21. The second-order valence-electron chi connectivity index (χ2n) is 4.26. The summed E-state index contributed by atoms with van der Waals surface area (Å²) in [6, 6.07) is 6.40. The zero-order chi connectivity index (χ0) is 13.0. The van der Waals surface area contributed by atoms with Gasteiger partial charge in [0, 0.05) is 51.3 Å². The lowest BCUT2D eigenvalue weighted by Crippen LogP contribution is -2.30. The number of rotatable bonds is 5. The van der Waals surface area contributed by atoms with E-state index in [-0.39, 0.29) is 0 Å². The molecule has 0 spiro atoms. The third-order valence-corrected chi connectivity index (χ3v) is 4.85. The van der Waals surface area contributed by atoms with Crippen molar-refractivity contribution in [1.29, 1.82) is 0 Å². The van der Waals surface area contributed by atoms with Crippen molar-refractivity contribution in [3.8, 4) is 5.75 Å². The Hall–Kier alpha value is -0.390. The van der Waals surface area contributed by atoms with Crippen molar-refractivity contribution < 1.29 is 8.95 Å². The summed E-state index contributed by atoms with van der Waals surface area (Å²) in [5, 5.41) is 3.48. The molecule has 0 saturated heterocycles. The predicted molar refractivity (Wildman–Crippen MR) is 78.5 cm³/mol. The lowest BCUT2D eigenvalue weighted by molar-refractivity contribution is 0.254. The van der Waals surface area contributed by atoms with Crippen molar-refractivity contribution in [3.63, 3.8) is 0 Å². The first-order valence-corrected chi connectivity index (χ1v) is 8.49. The molecular formula is C13H18BrNO2S. The Morgan fingerprint density at radius 2 is 2.39 bits per heavy atom. The van der Waals surface area contributed by atoms with Gasteiger partial charge in [0.15, 0.2) is 0 Å². The minimum absolute atomic E-state index is 0.306. The normalized spacial score (nSPS) is 20.0. The SMILES string of the molecule is CCS(=O)CCNC1CCOc2ccc(Br)cc21. The van der Waals surface area contributed by atoms with Crippen molar-refractivity contribution in [1.82, 2.24) is 5.32 Å². The van der Waals surface area contributed by atoms with Gasteiger partial charge < -0.3 is 10.1 Å². The van der Waals surface area contributed by atoms with Crippen LogP contribution in [0.2, 0.25) is 0 Å². The number of halogens is 1. The van der Waals surface area contributed by atoms with Crippen LogP contribution >= 0.6 is 15.9 Å². The van der Waals surface area contributed by atoms with Crippen LogP contribution in [0.4, 0.5) is 0 Å². The predicted octanol–water partition coefficient (Wildman–Crippen LogP) is 2.63. The molecule has 1 N–H and O–H groups in total. The minimum Gasteiger partial charge on any atom is -0.493 e. The smallest absolute Gasteiger partial charge is 0.124 e. The lowest BCUT2D eigenvalue weighted by Gasteiger charge is -2.27. The lowest BCUT2D eigenvalue weighted by atomic mass is 10.0. The summed E-state index contributed by atoms with van der Waals surface area (Å²) in [6.45, 7) is 3.48. The molecular weight excluding hydrogens is 314 g/mol. The molecule has 0 bridgehead atoms. The van der Waals surface area contributed by atoms with Gasteiger partial charge in [-0.2, -0.15) is 0 Å². The van der Waals surface area contributed by atoms with Crippen LogP contribution in [0, 0.1) is 0 Å². The maximum atomic E-state index is 11.4. The molecule has 3 nitrogen and oxygen atoms in total. The van der Waals surface area contributed by atoms with Gasteiger partial charge in [-0.25, -0.2) is 0 Å². The van der Waals surface area contributed by atoms with Crippen molar-refractivity contribution in [3.05, 3.63) is 28.2 Å². The first kappa shape index (κ1) is 14.0. The molecule has 1 aliphatic rings.